The molecule has 0 aliphatic carbocycles. The van der Waals surface area contributed by atoms with Gasteiger partial charge in [0.05, 0.1) is 22.9 Å². The Bertz CT molecular complexity index is 1370. The predicted octanol–water partition coefficient (Wildman–Crippen LogP) is 3.82. The molecule has 4 heterocycles. The number of nitrogens with one attached hydrogen (secondary N) is 3. The molecule has 0 saturated carbocycles. The van der Waals surface area contributed by atoms with E-state index in [0.29, 0.717) is 29.8 Å². The number of fused-ring (bicyclic) bond motifs is 3. The van der Waals surface area contributed by atoms with Crippen LogP contribution >= 0.6 is 0 Å². The topological polar surface area (TPSA) is 103 Å². The molecular weight excluding hydrogens is 452 g/mol. The molecule has 3 atom stereocenters. The lowest BCUT2D eigenvalue weighted by Crippen LogP contribution is -2.50. The van der Waals surface area contributed by atoms with Gasteiger partial charge in [-0.2, -0.15) is 0 Å². The zero-order chi connectivity index (χ0) is 24.5. The maximum atomic E-state index is 12.9. The van der Waals surface area contributed by atoms with Gasteiger partial charge in [0.1, 0.15) is 5.82 Å². The number of piperidine rings is 1. The number of aromatic nitrogens is 3. The predicted molar refractivity (Wildman–Crippen MR) is 138 cm³/mol. The van der Waals surface area contributed by atoms with Crippen molar-refractivity contribution in [1.82, 2.24) is 25.6 Å². The van der Waals surface area contributed by atoms with Crippen LogP contribution in [0, 0.1) is 0 Å². The summed E-state index contributed by atoms with van der Waals surface area (Å²) in [6.07, 6.45) is 7.22. The minimum Gasteiger partial charge on any atom is -0.350 e. The normalized spacial score (nSPS) is 20.9. The van der Waals surface area contributed by atoms with Gasteiger partial charge in [-0.25, -0.2) is 9.97 Å². The molecular formula is C28H28N6O2. The molecule has 36 heavy (non-hydrogen) atoms. The summed E-state index contributed by atoms with van der Waals surface area (Å²) in [5, 5.41) is 6.19. The highest BCUT2D eigenvalue weighted by molar-refractivity contribution is 5.97. The lowest BCUT2D eigenvalue weighted by molar-refractivity contribution is 0.0924. The van der Waals surface area contributed by atoms with E-state index in [-0.39, 0.29) is 17.9 Å². The van der Waals surface area contributed by atoms with Gasteiger partial charge in [-0.15, -0.1) is 0 Å². The first-order valence-electron chi connectivity index (χ1n) is 12.4. The van der Waals surface area contributed by atoms with Crippen LogP contribution < -0.4 is 15.5 Å². The highest BCUT2D eigenvalue weighted by Gasteiger charge is 2.41. The fourth-order valence-corrected chi connectivity index (χ4v) is 5.56. The molecule has 8 nitrogen and oxygen atoms in total. The monoisotopic (exact) mass is 480 g/mol. The van der Waals surface area contributed by atoms with Crippen molar-refractivity contribution in [3.05, 3.63) is 89.9 Å². The molecule has 0 spiro atoms. The van der Waals surface area contributed by atoms with E-state index < -0.39 is 0 Å². The second kappa shape index (κ2) is 9.45. The molecule has 2 aliphatic rings. The second-order valence-corrected chi connectivity index (χ2v) is 9.64. The van der Waals surface area contributed by atoms with Gasteiger partial charge < -0.3 is 20.5 Å². The Morgan fingerprint density at radius 3 is 2.44 bits per heavy atom. The van der Waals surface area contributed by atoms with Crippen LogP contribution in [-0.2, 0) is 6.54 Å². The third-order valence-electron chi connectivity index (χ3n) is 7.32. The highest BCUT2D eigenvalue weighted by atomic mass is 16.2. The minimum absolute atomic E-state index is 0.0539. The van der Waals surface area contributed by atoms with Gasteiger partial charge in [0.2, 0.25) is 0 Å². The summed E-state index contributed by atoms with van der Waals surface area (Å²) < 4.78 is 0. The number of carbonyl (C=O) groups excluding carboxylic acids is 2. The van der Waals surface area contributed by atoms with Gasteiger partial charge in [0.15, 0.2) is 0 Å². The first-order chi connectivity index (χ1) is 17.6. The number of hydrogen-bond donors (Lipinski definition) is 3. The molecule has 182 valence electrons. The Labute approximate surface area is 209 Å². The number of nitrogens with zero attached hydrogens (tertiary/aromatic N) is 3. The Balaban J connectivity index is 1.07. The lowest BCUT2D eigenvalue weighted by Gasteiger charge is -2.40. The Morgan fingerprint density at radius 2 is 1.69 bits per heavy atom. The van der Waals surface area contributed by atoms with Crippen LogP contribution in [0.1, 0.15) is 52.0 Å². The SMILES string of the molecule is O=C(NCc1ccccc1)c1ccc(N2[C@@H]3CC[C@H]2C[C@@H](NC(=O)c2ccc4[nH]cnc4c2)C3)nc1. The standard InChI is InChI=1S/C28H28N6O2/c35-27(30-15-18-4-2-1-3-5-18)20-7-11-26(29-16-20)34-22-8-9-23(34)14-21(13-22)33-28(36)19-6-10-24-25(12-19)32-17-31-24/h1-7,10-12,16-17,21-23H,8-9,13-15H2,(H,30,35)(H,31,32)(H,33,36)/t21-,22+,23-. The molecule has 2 fully saturated rings. The summed E-state index contributed by atoms with van der Waals surface area (Å²) in [5.41, 5.74) is 3.96. The van der Waals surface area contributed by atoms with Gasteiger partial charge in [-0.05, 0) is 61.6 Å². The van der Waals surface area contributed by atoms with Crippen LogP contribution in [-0.4, -0.2) is 44.9 Å². The average molecular weight is 481 g/mol. The van der Waals surface area contributed by atoms with Crippen molar-refractivity contribution in [2.24, 2.45) is 0 Å². The zero-order valence-corrected chi connectivity index (χ0v) is 19.9. The van der Waals surface area contributed by atoms with E-state index in [9.17, 15) is 9.59 Å². The van der Waals surface area contributed by atoms with Crippen LogP contribution in [0.15, 0.2) is 73.2 Å². The Morgan fingerprint density at radius 1 is 0.917 bits per heavy atom. The number of pyridine rings is 1. The van der Waals surface area contributed by atoms with Crippen molar-refractivity contribution >= 4 is 28.7 Å². The number of benzene rings is 2. The first kappa shape index (κ1) is 22.3. The summed E-state index contributed by atoms with van der Waals surface area (Å²) in [4.78, 5) is 39.8. The van der Waals surface area contributed by atoms with Gasteiger partial charge >= 0.3 is 0 Å². The average Bonchev–Trinajstić information content (AvgIpc) is 3.49. The van der Waals surface area contributed by atoms with Crippen molar-refractivity contribution in [1.29, 1.82) is 0 Å². The molecule has 0 unspecified atom stereocenters. The molecule has 2 aliphatic heterocycles. The zero-order valence-electron chi connectivity index (χ0n) is 19.9. The summed E-state index contributed by atoms with van der Waals surface area (Å²) in [7, 11) is 0. The van der Waals surface area contributed by atoms with Crippen molar-refractivity contribution in [3.8, 4) is 0 Å². The van der Waals surface area contributed by atoms with E-state index >= 15 is 0 Å². The summed E-state index contributed by atoms with van der Waals surface area (Å²) in [6, 6.07) is 20.0. The van der Waals surface area contributed by atoms with E-state index in [1.54, 1.807) is 12.5 Å². The maximum Gasteiger partial charge on any atom is 0.253 e. The third-order valence-corrected chi connectivity index (χ3v) is 7.32. The number of amides is 2. The van der Waals surface area contributed by atoms with Gasteiger partial charge in [-0.3, -0.25) is 9.59 Å². The summed E-state index contributed by atoms with van der Waals surface area (Å²) >= 11 is 0. The summed E-state index contributed by atoms with van der Waals surface area (Å²) in [5.74, 6) is 0.716. The minimum atomic E-state index is -0.129. The van der Waals surface area contributed by atoms with Crippen LogP contribution in [0.4, 0.5) is 5.82 Å². The maximum absolute atomic E-state index is 12.9. The van der Waals surface area contributed by atoms with Crippen molar-refractivity contribution in [2.45, 2.75) is 50.4 Å². The quantitative estimate of drug-likeness (QED) is 0.389. The second-order valence-electron chi connectivity index (χ2n) is 9.64. The molecule has 2 saturated heterocycles. The summed E-state index contributed by atoms with van der Waals surface area (Å²) in [6.45, 7) is 0.486. The van der Waals surface area contributed by atoms with E-state index in [2.05, 4.69) is 30.5 Å². The molecule has 2 bridgehead atoms. The molecule has 4 aromatic rings. The van der Waals surface area contributed by atoms with Crippen molar-refractivity contribution in [2.75, 3.05) is 4.90 Å². The third kappa shape index (κ3) is 4.42. The molecule has 6 rings (SSSR count). The number of aromatic amines is 1. The van der Waals surface area contributed by atoms with E-state index in [4.69, 9.17) is 0 Å². The Kier molecular flexibility index (Phi) is 5.85. The number of hydrogen-bond acceptors (Lipinski definition) is 5. The van der Waals surface area contributed by atoms with Crippen molar-refractivity contribution < 1.29 is 9.59 Å². The van der Waals surface area contributed by atoms with Crippen LogP contribution in [0.2, 0.25) is 0 Å². The van der Waals surface area contributed by atoms with E-state index in [1.165, 1.54) is 0 Å². The molecule has 2 aromatic carbocycles. The number of H-pyrrole nitrogens is 1. The van der Waals surface area contributed by atoms with Gasteiger partial charge in [0, 0.05) is 36.4 Å². The Hall–Kier alpha value is -4.20. The van der Waals surface area contributed by atoms with Gasteiger partial charge in [0.25, 0.3) is 11.8 Å². The van der Waals surface area contributed by atoms with Crippen LogP contribution in [0.3, 0.4) is 0 Å². The lowest BCUT2D eigenvalue weighted by atomic mass is 9.96. The molecule has 2 amide bonds. The molecule has 8 heteroatoms. The first-order valence-corrected chi connectivity index (χ1v) is 12.4. The van der Waals surface area contributed by atoms with Crippen LogP contribution in [0.25, 0.3) is 11.0 Å². The highest BCUT2D eigenvalue weighted by Crippen LogP contribution is 2.38. The number of anilines is 1. The fourth-order valence-electron chi connectivity index (χ4n) is 5.56. The number of rotatable bonds is 6. The molecule has 2 aromatic heterocycles. The molecule has 3 N–H and O–H groups in total. The number of imidazole rings is 1. The number of carbonyl (C=O) groups is 2. The van der Waals surface area contributed by atoms with Crippen LogP contribution in [0.5, 0.6) is 0 Å². The smallest absolute Gasteiger partial charge is 0.253 e. The van der Waals surface area contributed by atoms with E-state index in [0.717, 1.165) is 48.1 Å². The van der Waals surface area contributed by atoms with E-state index in [1.807, 2.05) is 60.7 Å². The molecule has 0 radical (unpaired) electrons. The van der Waals surface area contributed by atoms with Gasteiger partial charge in [-0.1, -0.05) is 30.3 Å². The largest absolute Gasteiger partial charge is 0.350 e. The fraction of sp³-hybridized carbons (Fsp3) is 0.286. The van der Waals surface area contributed by atoms with Crippen molar-refractivity contribution in [3.63, 3.8) is 0 Å².